The molecule has 0 aliphatic rings. The zero-order chi connectivity index (χ0) is 15.5. The van der Waals surface area contributed by atoms with Gasteiger partial charge in [0.2, 0.25) is 11.8 Å². The van der Waals surface area contributed by atoms with Gasteiger partial charge in [-0.2, -0.15) is 18.2 Å². The SMILES string of the molecule is NNc1nc(OCc2ccc(Cl)cc2)cc(C(F)(F)F)n1. The van der Waals surface area contributed by atoms with Gasteiger partial charge in [-0.05, 0) is 17.7 Å². The lowest BCUT2D eigenvalue weighted by Gasteiger charge is -2.11. The maximum absolute atomic E-state index is 12.7. The number of nitrogens with two attached hydrogens (primary N) is 1. The summed E-state index contributed by atoms with van der Waals surface area (Å²) < 4.78 is 43.2. The zero-order valence-electron chi connectivity index (χ0n) is 10.5. The summed E-state index contributed by atoms with van der Waals surface area (Å²) in [7, 11) is 0. The molecule has 0 atom stereocenters. The summed E-state index contributed by atoms with van der Waals surface area (Å²) in [5.74, 6) is 4.43. The number of benzene rings is 1. The van der Waals surface area contributed by atoms with Gasteiger partial charge in [0, 0.05) is 11.1 Å². The minimum absolute atomic E-state index is 0.0372. The van der Waals surface area contributed by atoms with Gasteiger partial charge in [0.05, 0.1) is 0 Å². The fraction of sp³-hybridized carbons (Fsp3) is 0.167. The van der Waals surface area contributed by atoms with Crippen LogP contribution in [0.15, 0.2) is 30.3 Å². The number of ether oxygens (including phenoxy) is 1. The van der Waals surface area contributed by atoms with E-state index in [0.717, 1.165) is 5.56 Å². The predicted molar refractivity (Wildman–Crippen MR) is 70.6 cm³/mol. The molecule has 1 aromatic heterocycles. The first-order valence-electron chi connectivity index (χ1n) is 5.68. The van der Waals surface area contributed by atoms with E-state index in [-0.39, 0.29) is 18.4 Å². The van der Waals surface area contributed by atoms with Crippen molar-refractivity contribution in [3.8, 4) is 5.88 Å². The molecule has 1 aromatic carbocycles. The fourth-order valence-corrected chi connectivity index (χ4v) is 1.57. The summed E-state index contributed by atoms with van der Waals surface area (Å²) in [6.07, 6.45) is -4.62. The molecule has 0 spiro atoms. The van der Waals surface area contributed by atoms with Crippen LogP contribution in [0.2, 0.25) is 5.02 Å². The van der Waals surface area contributed by atoms with Crippen molar-refractivity contribution in [2.45, 2.75) is 12.8 Å². The largest absolute Gasteiger partial charge is 0.473 e. The first kappa shape index (κ1) is 15.3. The lowest BCUT2D eigenvalue weighted by Crippen LogP contribution is -2.16. The highest BCUT2D eigenvalue weighted by molar-refractivity contribution is 6.30. The maximum atomic E-state index is 12.7. The van der Waals surface area contributed by atoms with E-state index in [4.69, 9.17) is 22.2 Å². The Morgan fingerprint density at radius 3 is 2.43 bits per heavy atom. The Morgan fingerprint density at radius 2 is 1.86 bits per heavy atom. The van der Waals surface area contributed by atoms with Crippen LogP contribution < -0.4 is 16.0 Å². The second kappa shape index (κ2) is 6.15. The van der Waals surface area contributed by atoms with Crippen molar-refractivity contribution in [1.29, 1.82) is 0 Å². The molecule has 0 aliphatic carbocycles. The van der Waals surface area contributed by atoms with E-state index in [9.17, 15) is 13.2 Å². The van der Waals surface area contributed by atoms with Crippen LogP contribution in [0.5, 0.6) is 5.88 Å². The van der Waals surface area contributed by atoms with Crippen LogP contribution in [0.25, 0.3) is 0 Å². The molecule has 21 heavy (non-hydrogen) atoms. The van der Waals surface area contributed by atoms with Crippen molar-refractivity contribution in [3.05, 3.63) is 46.6 Å². The summed E-state index contributed by atoms with van der Waals surface area (Å²) >= 11 is 5.73. The summed E-state index contributed by atoms with van der Waals surface area (Å²) in [4.78, 5) is 6.92. The molecule has 1 heterocycles. The Balaban J connectivity index is 2.17. The number of hydrogen-bond donors (Lipinski definition) is 2. The molecule has 0 unspecified atom stereocenters. The number of nitrogens with one attached hydrogen (secondary N) is 1. The zero-order valence-corrected chi connectivity index (χ0v) is 11.2. The third kappa shape index (κ3) is 4.20. The van der Waals surface area contributed by atoms with E-state index in [0.29, 0.717) is 11.1 Å². The molecule has 0 aliphatic heterocycles. The van der Waals surface area contributed by atoms with Gasteiger partial charge < -0.3 is 4.74 Å². The maximum Gasteiger partial charge on any atom is 0.433 e. The van der Waals surface area contributed by atoms with Crippen molar-refractivity contribution < 1.29 is 17.9 Å². The molecule has 0 saturated carbocycles. The highest BCUT2D eigenvalue weighted by Gasteiger charge is 2.34. The van der Waals surface area contributed by atoms with Crippen LogP contribution in [0.3, 0.4) is 0 Å². The Labute approximate surface area is 122 Å². The summed E-state index contributed by atoms with van der Waals surface area (Å²) in [6.45, 7) is 0.0372. The lowest BCUT2D eigenvalue weighted by molar-refractivity contribution is -0.141. The summed E-state index contributed by atoms with van der Waals surface area (Å²) in [5.41, 5.74) is 1.55. The number of hydrogen-bond acceptors (Lipinski definition) is 5. The summed E-state index contributed by atoms with van der Waals surface area (Å²) in [5, 5.41) is 0.551. The molecule has 0 fully saturated rings. The molecular weight excluding hydrogens is 309 g/mol. The number of halogens is 4. The number of hydrazine groups is 1. The Kier molecular flexibility index (Phi) is 4.49. The van der Waals surface area contributed by atoms with Gasteiger partial charge in [0.25, 0.3) is 0 Å². The van der Waals surface area contributed by atoms with Gasteiger partial charge in [-0.1, -0.05) is 23.7 Å². The van der Waals surface area contributed by atoms with E-state index in [2.05, 4.69) is 9.97 Å². The van der Waals surface area contributed by atoms with Gasteiger partial charge >= 0.3 is 6.18 Å². The van der Waals surface area contributed by atoms with Crippen molar-refractivity contribution in [2.75, 3.05) is 5.43 Å². The number of alkyl halides is 3. The van der Waals surface area contributed by atoms with E-state index in [1.807, 2.05) is 5.43 Å². The average molecular weight is 319 g/mol. The van der Waals surface area contributed by atoms with Gasteiger partial charge in [-0.3, -0.25) is 5.43 Å². The number of rotatable bonds is 4. The van der Waals surface area contributed by atoms with E-state index in [1.165, 1.54) is 0 Å². The highest BCUT2D eigenvalue weighted by Crippen LogP contribution is 2.30. The summed E-state index contributed by atoms with van der Waals surface area (Å²) in [6, 6.07) is 7.38. The molecule has 9 heteroatoms. The molecule has 0 bridgehead atoms. The highest BCUT2D eigenvalue weighted by atomic mass is 35.5. The smallest absolute Gasteiger partial charge is 0.433 e. The normalized spacial score (nSPS) is 11.3. The Morgan fingerprint density at radius 1 is 1.19 bits per heavy atom. The van der Waals surface area contributed by atoms with Gasteiger partial charge in [-0.15, -0.1) is 0 Å². The standard InChI is InChI=1S/C12H10ClF3N4O/c13-8-3-1-7(2-4-8)6-21-10-5-9(12(14,15)16)18-11(19-10)20-17/h1-5H,6,17H2,(H,18,19,20). The fourth-order valence-electron chi connectivity index (χ4n) is 1.45. The molecule has 2 aromatic rings. The van der Waals surface area contributed by atoms with E-state index >= 15 is 0 Å². The molecule has 3 N–H and O–H groups in total. The second-order valence-electron chi connectivity index (χ2n) is 3.97. The third-order valence-electron chi connectivity index (χ3n) is 2.42. The van der Waals surface area contributed by atoms with Gasteiger partial charge in [0.15, 0.2) is 5.69 Å². The molecule has 112 valence electrons. The molecule has 0 amide bonds. The Hall–Kier alpha value is -2.06. The van der Waals surface area contributed by atoms with Crippen molar-refractivity contribution in [1.82, 2.24) is 9.97 Å². The Bertz CT molecular complexity index is 619. The topological polar surface area (TPSA) is 73.1 Å². The molecule has 0 saturated heterocycles. The monoisotopic (exact) mass is 318 g/mol. The van der Waals surface area contributed by atoms with Crippen molar-refractivity contribution >= 4 is 17.5 Å². The lowest BCUT2D eigenvalue weighted by atomic mass is 10.2. The van der Waals surface area contributed by atoms with Crippen LogP contribution in [0.1, 0.15) is 11.3 Å². The van der Waals surface area contributed by atoms with Crippen LogP contribution in [0.4, 0.5) is 19.1 Å². The number of nitrogens with zero attached hydrogens (tertiary/aromatic N) is 2. The van der Waals surface area contributed by atoms with Crippen LogP contribution >= 0.6 is 11.6 Å². The third-order valence-corrected chi connectivity index (χ3v) is 2.67. The van der Waals surface area contributed by atoms with Gasteiger partial charge in [-0.25, -0.2) is 10.8 Å². The van der Waals surface area contributed by atoms with E-state index in [1.54, 1.807) is 24.3 Å². The van der Waals surface area contributed by atoms with Crippen LogP contribution in [-0.4, -0.2) is 9.97 Å². The van der Waals surface area contributed by atoms with Crippen LogP contribution in [-0.2, 0) is 12.8 Å². The van der Waals surface area contributed by atoms with Crippen molar-refractivity contribution in [3.63, 3.8) is 0 Å². The minimum Gasteiger partial charge on any atom is -0.473 e. The molecule has 5 nitrogen and oxygen atoms in total. The predicted octanol–water partition coefficient (Wildman–Crippen LogP) is 3.01. The van der Waals surface area contributed by atoms with E-state index < -0.39 is 11.9 Å². The average Bonchev–Trinajstić information content (AvgIpc) is 2.45. The first-order valence-corrected chi connectivity index (χ1v) is 6.06. The number of anilines is 1. The number of aromatic nitrogens is 2. The second-order valence-corrected chi connectivity index (χ2v) is 4.41. The quantitative estimate of drug-likeness (QED) is 0.669. The van der Waals surface area contributed by atoms with Gasteiger partial charge in [0.1, 0.15) is 6.61 Å². The van der Waals surface area contributed by atoms with Crippen molar-refractivity contribution in [2.24, 2.45) is 5.84 Å². The number of nitrogen functional groups attached to an aromatic ring is 1. The minimum atomic E-state index is -4.62. The molecular formula is C12H10ClF3N4O. The first-order chi connectivity index (χ1) is 9.88. The van der Waals surface area contributed by atoms with Crippen LogP contribution in [0, 0.1) is 0 Å². The molecule has 2 rings (SSSR count). The molecule has 0 radical (unpaired) electrons.